The van der Waals surface area contributed by atoms with Gasteiger partial charge in [0.15, 0.2) is 113 Å². The fourth-order valence-electron chi connectivity index (χ4n) is 14.5. The van der Waals surface area contributed by atoms with E-state index in [9.17, 15) is 102 Å². The second kappa shape index (κ2) is 29.3. The third-order valence-corrected chi connectivity index (χ3v) is 22.9. The summed E-state index contributed by atoms with van der Waals surface area (Å²) < 4.78 is 302. The SMILES string of the molecule is OC[C@H]1OC(O)(c2c(F)c(F)c(-c3c4nc(c(-c5c(F)c(F)c(C6(O)O[C@H](CO)[C@@H](O)[C@H](O)[C@@]6(O)S)c(F)c5F)c5ccc([nH]5)c(-c5c(F)c(F)c(C6(O)O[C@H](CO)[C@@H](O)[C@H](O)[C@@]6(O)S)c(F)c5F)c5nc(c(-c6c(F)c(F)c(C7(O)O[C@H](CO)[C@@H](O)[C@H](O)[C@@]7(O)S)c(F)c6F)c6ccc3[nH]6)C=C5)C=C4)c(F)c2F)[C@](O)(S)[C@@H](O)[C@@H]1O. The number of aromatic amines is 2. The summed E-state index contributed by atoms with van der Waals surface area (Å²) in [5.41, 5.74) is -36.3. The van der Waals surface area contributed by atoms with Crippen LogP contribution >= 0.6 is 50.5 Å². The second-order valence-corrected chi connectivity index (χ2v) is 29.8. The lowest BCUT2D eigenvalue weighted by Gasteiger charge is -2.50. The minimum atomic E-state index is -4.48. The molecule has 4 aromatic carbocycles. The number of nitrogens with zero attached hydrogens (tertiary/aromatic N) is 2. The molecule has 48 heteroatoms. The maximum atomic E-state index is 17.8. The van der Waals surface area contributed by atoms with Crippen LogP contribution in [-0.2, 0) is 42.1 Å². The monoisotopic (exact) mass is 1740 g/mol. The highest BCUT2D eigenvalue weighted by molar-refractivity contribution is 7.82. The number of rotatable bonds is 12. The number of hydrogen-bond acceptors (Lipinski definition) is 30. The number of ether oxygens (including phenoxy) is 4. The third-order valence-electron chi connectivity index (χ3n) is 20.6. The first-order valence-electron chi connectivity index (χ1n) is 32.8. The summed E-state index contributed by atoms with van der Waals surface area (Å²) in [6.07, 6.45) is -30.6. The van der Waals surface area contributed by atoms with Gasteiger partial charge in [0.1, 0.15) is 73.2 Å². The number of thiol groups is 4. The van der Waals surface area contributed by atoms with Gasteiger partial charge in [0.2, 0.25) is 23.1 Å². The Morgan fingerprint density at radius 3 is 0.578 bits per heavy atom. The van der Waals surface area contributed by atoms with Gasteiger partial charge < -0.3 is 131 Å². The van der Waals surface area contributed by atoms with Gasteiger partial charge in [-0.15, -0.1) is 50.5 Å². The first-order valence-corrected chi connectivity index (χ1v) is 34.6. The molecule has 20 atom stereocenters. The predicted molar refractivity (Wildman–Crippen MR) is 367 cm³/mol. The summed E-state index contributed by atoms with van der Waals surface area (Å²) >= 11 is 14.2. The molecule has 9 heterocycles. The minimum Gasteiger partial charge on any atom is -0.394 e. The third kappa shape index (κ3) is 11.9. The molecule has 4 unspecified atom stereocenters. The minimum absolute atomic E-state index is 0.381. The van der Waals surface area contributed by atoms with Gasteiger partial charge in [-0.1, -0.05) is 0 Å². The van der Waals surface area contributed by atoms with E-state index >= 15 is 70.2 Å². The highest BCUT2D eigenvalue weighted by Gasteiger charge is 2.70. The molecule has 116 heavy (non-hydrogen) atoms. The van der Waals surface area contributed by atoms with Crippen LogP contribution in [0, 0.1) is 93.1 Å². The van der Waals surface area contributed by atoms with Crippen LogP contribution in [0.25, 0.3) is 90.9 Å². The van der Waals surface area contributed by atoms with Gasteiger partial charge in [-0.2, -0.15) is 0 Å². The molecule has 6 aliphatic heterocycles. The van der Waals surface area contributed by atoms with Crippen molar-refractivity contribution in [1.82, 2.24) is 19.9 Å². The van der Waals surface area contributed by atoms with E-state index in [1.54, 1.807) is 0 Å². The molecule has 0 saturated carbocycles. The molecule has 8 bridgehead atoms. The van der Waals surface area contributed by atoms with Crippen LogP contribution in [0.5, 0.6) is 0 Å². The van der Waals surface area contributed by atoms with E-state index in [0.29, 0.717) is 48.6 Å². The lowest BCUT2D eigenvalue weighted by Crippen LogP contribution is -2.69. The Balaban J connectivity index is 1.22. The van der Waals surface area contributed by atoms with Crippen LogP contribution in [0.1, 0.15) is 45.0 Å². The number of aromatic nitrogens is 4. The second-order valence-electron chi connectivity index (χ2n) is 27.1. The molecule has 22 N–H and O–H groups in total. The summed E-state index contributed by atoms with van der Waals surface area (Å²) in [5, 5.41) is 218. The van der Waals surface area contributed by atoms with Gasteiger partial charge in [-0.3, -0.25) is 0 Å². The van der Waals surface area contributed by atoms with E-state index in [1.807, 2.05) is 0 Å². The number of nitrogens with one attached hydrogen (secondary N) is 2. The van der Waals surface area contributed by atoms with Gasteiger partial charge in [-0.05, 0) is 48.6 Å². The number of halogens is 16. The molecule has 0 radical (unpaired) electrons. The van der Waals surface area contributed by atoms with Crippen molar-refractivity contribution in [1.29, 1.82) is 0 Å². The maximum Gasteiger partial charge on any atom is 0.241 e. The number of aliphatic hydroxyl groups is 20. The van der Waals surface area contributed by atoms with E-state index in [2.05, 4.69) is 70.5 Å². The van der Waals surface area contributed by atoms with Crippen LogP contribution < -0.4 is 0 Å². The van der Waals surface area contributed by atoms with Gasteiger partial charge in [0.05, 0.1) is 93.7 Å². The average Bonchev–Trinajstić information content (AvgIpc) is 0.934. The molecular formula is C68H54F16N4O24S4. The normalized spacial score (nSPS) is 33.4. The molecule has 6 aliphatic rings. The zero-order chi connectivity index (χ0) is 85.9. The average molecular weight is 1740 g/mol. The molecule has 0 spiro atoms. The van der Waals surface area contributed by atoms with Crippen LogP contribution in [0.3, 0.4) is 0 Å². The van der Waals surface area contributed by atoms with Gasteiger partial charge in [0.25, 0.3) is 0 Å². The van der Waals surface area contributed by atoms with Crippen molar-refractivity contribution in [3.8, 4) is 44.5 Å². The Labute approximate surface area is 654 Å². The van der Waals surface area contributed by atoms with Crippen molar-refractivity contribution in [3.05, 3.63) is 162 Å². The Hall–Kier alpha value is -7.20. The highest BCUT2D eigenvalue weighted by Crippen LogP contribution is 2.56. The first kappa shape index (κ1) is 86.6. The quantitative estimate of drug-likeness (QED) is 0.0352. The van der Waals surface area contributed by atoms with E-state index in [-0.39, 0.29) is 0 Å². The zero-order valence-corrected chi connectivity index (χ0v) is 60.3. The van der Waals surface area contributed by atoms with Crippen molar-refractivity contribution >= 4 is 96.9 Å². The zero-order valence-electron chi connectivity index (χ0n) is 56.7. The Morgan fingerprint density at radius 2 is 0.431 bits per heavy atom. The molecule has 28 nitrogen and oxygen atoms in total. The maximum absolute atomic E-state index is 17.8. The molecule has 7 aromatic rings. The smallest absolute Gasteiger partial charge is 0.241 e. The van der Waals surface area contributed by atoms with E-state index in [4.69, 9.17) is 18.9 Å². The standard InChI is InChI=1S/C68H54F16N4O24S4/c69-37-29(38(70)46(78)33(45(37)77)61(101)65(105,113)57(97)53(93)21(9-89)109-61)25-13-1-2-14(85-13)26(30-39(71)47(79)34(48(80)40(30)72)62(102)66(106,114)58(98)54(94)22(10-90)110-62)16-5-6-18(87-16)28(32-43(75)51(83)36(52(84)44(32)76)64(104)68(108,116)60(100)56(96)24(12-92)112-64)20-8-7-19(88-20)27(17-4-3-15(25)86-17)31-41(73)49(81)35(50(82)42(31)74)63(103)67(107,115)59(99)55(95)23(11-91)111-63/h1-8,21-24,53-60,85,88-108,113-116H,9-12H2/t21-,22-,23-,24-,53-,54-,55-,56-,57+,58+,59+,60+,61?,62?,63?,64?,65-,66-,67-,68-/m1/s1. The van der Waals surface area contributed by atoms with E-state index < -0.39 is 347 Å². The van der Waals surface area contributed by atoms with Gasteiger partial charge >= 0.3 is 0 Å². The summed E-state index contributed by atoms with van der Waals surface area (Å²) in [6.45, 7) is -6.21. The summed E-state index contributed by atoms with van der Waals surface area (Å²) in [5.74, 6) is -64.4. The molecule has 0 amide bonds. The van der Waals surface area contributed by atoms with Crippen molar-refractivity contribution in [2.75, 3.05) is 26.4 Å². The van der Waals surface area contributed by atoms with Crippen molar-refractivity contribution in [3.63, 3.8) is 0 Å². The summed E-state index contributed by atoms with van der Waals surface area (Å²) in [6, 6.07) is 1.63. The molecule has 13 rings (SSSR count). The number of hydrogen-bond donors (Lipinski definition) is 26. The first-order chi connectivity index (χ1) is 53.9. The Kier molecular flexibility index (Phi) is 21.9. The Bertz CT molecular complexity index is 4800. The number of benzene rings is 4. The van der Waals surface area contributed by atoms with E-state index in [1.165, 1.54) is 0 Å². The highest BCUT2D eigenvalue weighted by atomic mass is 32.1. The lowest BCUT2D eigenvalue weighted by molar-refractivity contribution is -0.371. The van der Waals surface area contributed by atoms with Crippen molar-refractivity contribution in [2.24, 2.45) is 0 Å². The molecule has 626 valence electrons. The molecule has 0 aliphatic carbocycles. The largest absolute Gasteiger partial charge is 0.394 e. The van der Waals surface area contributed by atoms with Gasteiger partial charge in [-0.25, -0.2) is 80.2 Å². The Morgan fingerprint density at radius 1 is 0.276 bits per heavy atom. The van der Waals surface area contributed by atoms with Crippen molar-refractivity contribution < 1.29 is 191 Å². The number of H-pyrrole nitrogens is 2. The van der Waals surface area contributed by atoms with Crippen LogP contribution in [0.15, 0.2) is 24.3 Å². The fraction of sp³-hybridized carbons (Fsp3) is 0.353. The van der Waals surface area contributed by atoms with E-state index in [0.717, 1.165) is 0 Å². The summed E-state index contributed by atoms with van der Waals surface area (Å²) in [7, 11) is 0. The topological polar surface area (TPSA) is 499 Å². The van der Waals surface area contributed by atoms with Crippen LogP contribution in [-0.4, -0.2) is 241 Å². The fourth-order valence-corrected chi connectivity index (χ4v) is 15.7. The lowest BCUT2D eigenvalue weighted by atomic mass is 9.85. The molecule has 3 aromatic heterocycles. The van der Waals surface area contributed by atoms with Crippen LogP contribution in [0.4, 0.5) is 70.2 Å². The summed E-state index contributed by atoms with van der Waals surface area (Å²) in [4.78, 5) is -3.62. The van der Waals surface area contributed by atoms with Gasteiger partial charge in [0, 0.05) is 44.3 Å². The number of fused-ring (bicyclic) bond motifs is 8. The molecule has 4 saturated heterocycles. The van der Waals surface area contributed by atoms with Crippen molar-refractivity contribution in [2.45, 2.75) is 116 Å². The number of aliphatic hydroxyl groups excluding tert-OH is 12. The van der Waals surface area contributed by atoms with Crippen LogP contribution in [0.2, 0.25) is 0 Å². The molecular weight excluding hydrogens is 1690 g/mol. The molecule has 4 fully saturated rings. The predicted octanol–water partition coefficient (Wildman–Crippen LogP) is 1.05.